The van der Waals surface area contributed by atoms with Gasteiger partial charge in [0, 0.05) is 24.8 Å². The van der Waals surface area contributed by atoms with E-state index < -0.39 is 17.7 Å². The summed E-state index contributed by atoms with van der Waals surface area (Å²) in [6.07, 6.45) is 2.07. The SMILES string of the molecule is CCc1c(F)ccc2cc(O)cc(-c3ncc4c(N5CCC(C)C(O)C5)nc(OC)nc4c3F)c12. The number of aliphatic hydroxyl groups excluding tert-OH is 1. The highest BCUT2D eigenvalue weighted by Gasteiger charge is 2.28. The quantitative estimate of drug-likeness (QED) is 0.441. The predicted molar refractivity (Wildman–Crippen MR) is 130 cm³/mol. The molecule has 1 aliphatic rings. The van der Waals surface area contributed by atoms with Gasteiger partial charge in [0.15, 0.2) is 5.82 Å². The standard InChI is InChI=1S/C26H26F2N4O3/c1-4-16-19(27)6-5-14-9-15(33)10-17(21(14)16)23-22(28)24-18(11-29-23)25(31-26(30-24)35-3)32-8-7-13(2)20(34)12-32/h5-6,9-11,13,20,33-34H,4,7-8,12H2,1-3H3. The van der Waals surface area contributed by atoms with Crippen molar-refractivity contribution in [3.63, 3.8) is 0 Å². The number of halogens is 2. The van der Waals surface area contributed by atoms with Crippen LogP contribution in [0, 0.1) is 17.6 Å². The fourth-order valence-electron chi connectivity index (χ4n) is 4.82. The van der Waals surface area contributed by atoms with E-state index in [-0.39, 0.29) is 34.5 Å². The summed E-state index contributed by atoms with van der Waals surface area (Å²) in [6.45, 7) is 4.78. The zero-order chi connectivity index (χ0) is 24.9. The molecule has 2 aromatic heterocycles. The molecule has 1 fully saturated rings. The van der Waals surface area contributed by atoms with E-state index >= 15 is 4.39 Å². The molecule has 3 heterocycles. The lowest BCUT2D eigenvalue weighted by Gasteiger charge is -2.35. The molecule has 0 bridgehead atoms. The first-order chi connectivity index (χ1) is 16.8. The summed E-state index contributed by atoms with van der Waals surface area (Å²) in [4.78, 5) is 15.0. The van der Waals surface area contributed by atoms with Crippen molar-refractivity contribution < 1.29 is 23.7 Å². The van der Waals surface area contributed by atoms with Crippen LogP contribution in [0.2, 0.25) is 0 Å². The molecule has 35 heavy (non-hydrogen) atoms. The van der Waals surface area contributed by atoms with Crippen molar-refractivity contribution in [2.75, 3.05) is 25.1 Å². The fraction of sp³-hybridized carbons (Fsp3) is 0.346. The maximum absolute atomic E-state index is 16.1. The number of β-amino-alcohol motifs (C(OH)–C–C–N with tert-alkyl or cyclic N) is 1. The lowest BCUT2D eigenvalue weighted by molar-refractivity contribution is 0.102. The van der Waals surface area contributed by atoms with Crippen LogP contribution in [0.5, 0.6) is 11.8 Å². The van der Waals surface area contributed by atoms with Crippen LogP contribution in [0.4, 0.5) is 14.6 Å². The number of anilines is 1. The van der Waals surface area contributed by atoms with Crippen LogP contribution in [0.15, 0.2) is 30.5 Å². The second-order valence-electron chi connectivity index (χ2n) is 8.97. The number of aliphatic hydroxyl groups is 1. The van der Waals surface area contributed by atoms with E-state index in [1.807, 2.05) is 18.7 Å². The highest BCUT2D eigenvalue weighted by atomic mass is 19.1. The van der Waals surface area contributed by atoms with Gasteiger partial charge < -0.3 is 19.8 Å². The topological polar surface area (TPSA) is 91.6 Å². The number of hydrogen-bond donors (Lipinski definition) is 2. The van der Waals surface area contributed by atoms with E-state index in [0.717, 1.165) is 6.42 Å². The van der Waals surface area contributed by atoms with E-state index in [2.05, 4.69) is 15.0 Å². The minimum absolute atomic E-state index is 0.00379. The monoisotopic (exact) mass is 480 g/mol. The van der Waals surface area contributed by atoms with Crippen LogP contribution in [0.3, 0.4) is 0 Å². The molecule has 1 saturated heterocycles. The van der Waals surface area contributed by atoms with Crippen LogP contribution < -0.4 is 9.64 Å². The number of aryl methyl sites for hydroxylation is 1. The number of nitrogens with zero attached hydrogens (tertiary/aromatic N) is 4. The van der Waals surface area contributed by atoms with Gasteiger partial charge in [0.1, 0.15) is 28.6 Å². The average molecular weight is 481 g/mol. The molecular weight excluding hydrogens is 454 g/mol. The molecule has 4 aromatic rings. The largest absolute Gasteiger partial charge is 0.508 e. The van der Waals surface area contributed by atoms with Gasteiger partial charge in [-0.2, -0.15) is 9.97 Å². The average Bonchev–Trinajstić information content (AvgIpc) is 2.85. The van der Waals surface area contributed by atoms with Gasteiger partial charge >= 0.3 is 6.01 Å². The lowest BCUT2D eigenvalue weighted by atomic mass is 9.94. The molecule has 9 heteroatoms. The van der Waals surface area contributed by atoms with Crippen LogP contribution in [0.25, 0.3) is 32.9 Å². The molecule has 2 aromatic carbocycles. The van der Waals surface area contributed by atoms with Crippen LogP contribution in [-0.2, 0) is 6.42 Å². The van der Waals surface area contributed by atoms with Crippen molar-refractivity contribution in [3.8, 4) is 23.0 Å². The number of phenols is 1. The van der Waals surface area contributed by atoms with Gasteiger partial charge in [0.2, 0.25) is 0 Å². The number of fused-ring (bicyclic) bond motifs is 2. The van der Waals surface area contributed by atoms with Gasteiger partial charge in [-0.3, -0.25) is 4.98 Å². The first-order valence-corrected chi connectivity index (χ1v) is 11.6. The zero-order valence-corrected chi connectivity index (χ0v) is 19.7. The van der Waals surface area contributed by atoms with Gasteiger partial charge in [-0.15, -0.1) is 0 Å². The van der Waals surface area contributed by atoms with Gasteiger partial charge in [-0.05, 0) is 53.3 Å². The van der Waals surface area contributed by atoms with Crippen molar-refractivity contribution in [1.82, 2.24) is 15.0 Å². The number of piperidine rings is 1. The minimum Gasteiger partial charge on any atom is -0.508 e. The summed E-state index contributed by atoms with van der Waals surface area (Å²) in [5.74, 6) is -0.641. The van der Waals surface area contributed by atoms with Gasteiger partial charge in [0.05, 0.1) is 18.6 Å². The Morgan fingerprint density at radius 1 is 1.20 bits per heavy atom. The summed E-state index contributed by atoms with van der Waals surface area (Å²) >= 11 is 0. The molecule has 2 N–H and O–H groups in total. The summed E-state index contributed by atoms with van der Waals surface area (Å²) in [5, 5.41) is 22.2. The Morgan fingerprint density at radius 3 is 2.71 bits per heavy atom. The Labute approximate surface area is 201 Å². The molecule has 2 atom stereocenters. The van der Waals surface area contributed by atoms with E-state index in [9.17, 15) is 14.6 Å². The Morgan fingerprint density at radius 2 is 2.00 bits per heavy atom. The first-order valence-electron chi connectivity index (χ1n) is 11.6. The highest BCUT2D eigenvalue weighted by molar-refractivity contribution is 6.01. The maximum atomic E-state index is 16.1. The third-order valence-corrected chi connectivity index (χ3v) is 6.81. The summed E-state index contributed by atoms with van der Waals surface area (Å²) < 4.78 is 36.0. The Hall–Kier alpha value is -3.59. The van der Waals surface area contributed by atoms with Gasteiger partial charge in [-0.1, -0.05) is 19.9 Å². The second kappa shape index (κ2) is 8.88. The molecule has 5 rings (SSSR count). The maximum Gasteiger partial charge on any atom is 0.318 e. The predicted octanol–water partition coefficient (Wildman–Crippen LogP) is 4.61. The molecule has 7 nitrogen and oxygen atoms in total. The van der Waals surface area contributed by atoms with Crippen molar-refractivity contribution in [1.29, 1.82) is 0 Å². The van der Waals surface area contributed by atoms with Crippen LogP contribution >= 0.6 is 0 Å². The Kier molecular flexibility index (Phi) is 5.88. The normalized spacial score (nSPS) is 18.4. The minimum atomic E-state index is -0.728. The number of rotatable bonds is 4. The summed E-state index contributed by atoms with van der Waals surface area (Å²) in [6, 6.07) is 5.78. The lowest BCUT2D eigenvalue weighted by Crippen LogP contribution is -2.43. The van der Waals surface area contributed by atoms with Crippen LogP contribution in [-0.4, -0.2) is 51.5 Å². The van der Waals surface area contributed by atoms with E-state index in [4.69, 9.17) is 4.74 Å². The van der Waals surface area contributed by atoms with Crippen LogP contribution in [0.1, 0.15) is 25.8 Å². The second-order valence-corrected chi connectivity index (χ2v) is 8.97. The fourth-order valence-corrected chi connectivity index (χ4v) is 4.82. The molecule has 0 amide bonds. The molecule has 0 spiro atoms. The smallest absolute Gasteiger partial charge is 0.318 e. The molecule has 1 aliphatic heterocycles. The van der Waals surface area contributed by atoms with Gasteiger partial charge in [-0.25, -0.2) is 8.78 Å². The molecule has 0 aliphatic carbocycles. The summed E-state index contributed by atoms with van der Waals surface area (Å²) in [7, 11) is 1.40. The highest BCUT2D eigenvalue weighted by Crippen LogP contribution is 2.39. The van der Waals surface area contributed by atoms with Crippen molar-refractivity contribution in [2.45, 2.75) is 32.8 Å². The zero-order valence-electron chi connectivity index (χ0n) is 19.7. The van der Waals surface area contributed by atoms with Crippen molar-refractivity contribution in [3.05, 3.63) is 47.7 Å². The number of phenolic OH excluding ortho intramolecular Hbond substituents is 1. The van der Waals surface area contributed by atoms with E-state index in [0.29, 0.717) is 47.1 Å². The third kappa shape index (κ3) is 3.89. The number of ether oxygens (including phenoxy) is 1. The number of benzene rings is 2. The Balaban J connectivity index is 1.76. The number of methoxy groups -OCH3 is 1. The van der Waals surface area contributed by atoms with E-state index in [1.54, 1.807) is 6.07 Å². The van der Waals surface area contributed by atoms with Crippen molar-refractivity contribution >= 4 is 27.5 Å². The number of hydrogen-bond acceptors (Lipinski definition) is 7. The number of aromatic nitrogens is 3. The number of aromatic hydroxyl groups is 1. The summed E-state index contributed by atoms with van der Waals surface area (Å²) in [5.41, 5.74) is 0.627. The molecule has 182 valence electrons. The van der Waals surface area contributed by atoms with E-state index in [1.165, 1.54) is 31.5 Å². The molecule has 0 radical (unpaired) electrons. The number of pyridine rings is 1. The Bertz CT molecular complexity index is 1450. The third-order valence-electron chi connectivity index (χ3n) is 6.81. The molecular formula is C26H26F2N4O3. The molecule has 0 saturated carbocycles. The molecule has 2 unspecified atom stereocenters. The first kappa shape index (κ1) is 23.2. The van der Waals surface area contributed by atoms with Gasteiger partial charge in [0.25, 0.3) is 0 Å². The van der Waals surface area contributed by atoms with Crippen molar-refractivity contribution in [2.24, 2.45) is 5.92 Å².